The van der Waals surface area contributed by atoms with Crippen LogP contribution in [0.5, 0.6) is 11.5 Å². The number of aliphatic hydroxyl groups is 1. The largest absolute Gasteiger partial charge is 0.508 e. The van der Waals surface area contributed by atoms with Crippen LogP contribution in [0.15, 0.2) is 48.0 Å². The van der Waals surface area contributed by atoms with Gasteiger partial charge in [-0.05, 0) is 74.4 Å². The third-order valence-electron chi connectivity index (χ3n) is 6.66. The fourth-order valence-electron chi connectivity index (χ4n) is 4.88. The highest BCUT2D eigenvalue weighted by Gasteiger charge is 2.46. The zero-order valence-electron chi connectivity index (χ0n) is 20.0. The molecule has 4 rings (SSSR count). The molecule has 2 N–H and O–H groups in total. The summed E-state index contributed by atoms with van der Waals surface area (Å²) in [6.07, 6.45) is 1.46. The number of fused-ring (bicyclic) bond motifs is 1. The average Bonchev–Trinajstić information content (AvgIpc) is 3.32. The number of carbonyl (C=O) groups excluding carboxylic acids is 2. The van der Waals surface area contributed by atoms with Crippen molar-refractivity contribution in [2.45, 2.75) is 45.8 Å². The Bertz CT molecular complexity index is 1120. The van der Waals surface area contributed by atoms with Crippen molar-refractivity contribution in [3.63, 3.8) is 0 Å². The zero-order valence-corrected chi connectivity index (χ0v) is 20.0. The van der Waals surface area contributed by atoms with Crippen molar-refractivity contribution >= 4 is 17.4 Å². The van der Waals surface area contributed by atoms with E-state index in [-0.39, 0.29) is 23.2 Å². The number of carbonyl (C=O) groups is 2. The van der Waals surface area contributed by atoms with E-state index in [4.69, 9.17) is 4.74 Å². The van der Waals surface area contributed by atoms with Crippen LogP contribution in [0.25, 0.3) is 5.76 Å². The monoisotopic (exact) mass is 464 g/mol. The molecule has 34 heavy (non-hydrogen) atoms. The lowest BCUT2D eigenvalue weighted by Crippen LogP contribution is -2.33. The molecule has 180 valence electrons. The molecular formula is C27H32N2O5. The molecule has 2 aromatic rings. The van der Waals surface area contributed by atoms with Crippen molar-refractivity contribution in [3.05, 3.63) is 64.7 Å². The summed E-state index contributed by atoms with van der Waals surface area (Å²) in [5.41, 5.74) is 2.06. The Balaban J connectivity index is 1.73. The van der Waals surface area contributed by atoms with Crippen LogP contribution in [0, 0.1) is 0 Å². The molecule has 7 nitrogen and oxygen atoms in total. The van der Waals surface area contributed by atoms with Gasteiger partial charge < -0.3 is 24.7 Å². The minimum atomic E-state index is -0.771. The van der Waals surface area contributed by atoms with Gasteiger partial charge in [-0.3, -0.25) is 9.59 Å². The van der Waals surface area contributed by atoms with Crippen molar-refractivity contribution in [2.24, 2.45) is 0 Å². The topological polar surface area (TPSA) is 90.3 Å². The van der Waals surface area contributed by atoms with Crippen LogP contribution >= 0.6 is 0 Å². The van der Waals surface area contributed by atoms with E-state index < -0.39 is 17.7 Å². The molecule has 7 heteroatoms. The van der Waals surface area contributed by atoms with E-state index in [1.807, 2.05) is 13.0 Å². The lowest BCUT2D eigenvalue weighted by Gasteiger charge is -2.27. The molecule has 0 bridgehead atoms. The van der Waals surface area contributed by atoms with Crippen LogP contribution in [0.1, 0.15) is 49.9 Å². The highest BCUT2D eigenvalue weighted by molar-refractivity contribution is 6.46. The van der Waals surface area contributed by atoms with Crippen LogP contribution in [-0.2, 0) is 16.0 Å². The van der Waals surface area contributed by atoms with Crippen LogP contribution in [0.3, 0.4) is 0 Å². The van der Waals surface area contributed by atoms with Crippen molar-refractivity contribution in [2.75, 3.05) is 26.2 Å². The number of Topliss-reactive ketones (excluding diaryl/α,β-unsaturated/α-hetero) is 1. The summed E-state index contributed by atoms with van der Waals surface area (Å²) in [7, 11) is 0. The third kappa shape index (κ3) is 4.53. The first-order valence-corrected chi connectivity index (χ1v) is 11.9. The van der Waals surface area contributed by atoms with Gasteiger partial charge in [-0.1, -0.05) is 26.0 Å². The summed E-state index contributed by atoms with van der Waals surface area (Å²) in [5, 5.41) is 21.4. The quantitative estimate of drug-likeness (QED) is 0.350. The molecule has 2 aliphatic heterocycles. The fraction of sp³-hybridized carbons (Fsp3) is 0.407. The molecule has 1 saturated heterocycles. The molecule has 0 aromatic heterocycles. The van der Waals surface area contributed by atoms with Gasteiger partial charge in [0, 0.05) is 18.5 Å². The smallest absolute Gasteiger partial charge is 0.295 e. The first kappa shape index (κ1) is 23.8. The van der Waals surface area contributed by atoms with Crippen LogP contribution in [0.2, 0.25) is 0 Å². The predicted octanol–water partition coefficient (Wildman–Crippen LogP) is 3.87. The van der Waals surface area contributed by atoms with Gasteiger partial charge in [0.1, 0.15) is 23.4 Å². The Kier molecular flexibility index (Phi) is 6.93. The van der Waals surface area contributed by atoms with Gasteiger partial charge in [0.15, 0.2) is 0 Å². The highest BCUT2D eigenvalue weighted by atomic mass is 16.5. The number of hydrogen-bond donors (Lipinski definition) is 2. The number of phenols is 1. The minimum Gasteiger partial charge on any atom is -0.508 e. The normalized spacial score (nSPS) is 21.2. The van der Waals surface area contributed by atoms with E-state index in [1.165, 1.54) is 11.0 Å². The first-order valence-electron chi connectivity index (χ1n) is 11.9. The molecule has 1 amide bonds. The first-order chi connectivity index (χ1) is 16.3. The van der Waals surface area contributed by atoms with E-state index in [9.17, 15) is 19.8 Å². The van der Waals surface area contributed by atoms with Gasteiger partial charge >= 0.3 is 0 Å². The number of aromatic hydroxyl groups is 1. The molecule has 2 aromatic carbocycles. The summed E-state index contributed by atoms with van der Waals surface area (Å²) in [6.45, 7) is 9.14. The van der Waals surface area contributed by atoms with E-state index in [0.717, 1.165) is 30.9 Å². The second-order valence-corrected chi connectivity index (χ2v) is 8.92. The van der Waals surface area contributed by atoms with E-state index in [1.54, 1.807) is 30.3 Å². The molecule has 2 heterocycles. The average molecular weight is 465 g/mol. The highest BCUT2D eigenvalue weighted by Crippen LogP contribution is 2.41. The Morgan fingerprint density at radius 2 is 1.91 bits per heavy atom. The van der Waals surface area contributed by atoms with Gasteiger partial charge in [0.25, 0.3) is 11.7 Å². The van der Waals surface area contributed by atoms with Gasteiger partial charge in [-0.15, -0.1) is 0 Å². The molecular weight excluding hydrogens is 432 g/mol. The maximum atomic E-state index is 13.2. The third-order valence-corrected chi connectivity index (χ3v) is 6.66. The fourth-order valence-corrected chi connectivity index (χ4v) is 4.88. The molecule has 0 unspecified atom stereocenters. The van der Waals surface area contributed by atoms with E-state index in [2.05, 4.69) is 18.7 Å². The number of aliphatic hydroxyl groups excluding tert-OH is 1. The van der Waals surface area contributed by atoms with Gasteiger partial charge in [0.05, 0.1) is 11.6 Å². The Labute approximate surface area is 200 Å². The number of amides is 1. The maximum absolute atomic E-state index is 13.2. The van der Waals surface area contributed by atoms with Crippen molar-refractivity contribution < 1.29 is 24.5 Å². The minimum absolute atomic E-state index is 0.0369. The van der Waals surface area contributed by atoms with E-state index in [0.29, 0.717) is 30.5 Å². The standard InChI is InChI=1S/C27H32N2O5/c1-4-28(5-2)12-7-13-29-24(18-8-6-9-21(30)16-18)23(26(32)27(29)33)25(31)19-10-11-22-20(15-19)14-17(3)34-22/h6,8-11,15-17,24,30-31H,4-5,7,12-14H2,1-3H3/t17-,24-/m1/s1. The Hall–Kier alpha value is -3.32. The summed E-state index contributed by atoms with van der Waals surface area (Å²) in [4.78, 5) is 30.1. The molecule has 0 saturated carbocycles. The number of benzene rings is 2. The van der Waals surface area contributed by atoms with Gasteiger partial charge in [0.2, 0.25) is 0 Å². The van der Waals surface area contributed by atoms with Crippen molar-refractivity contribution in [1.82, 2.24) is 9.80 Å². The summed E-state index contributed by atoms with van der Waals surface area (Å²) < 4.78 is 5.75. The lowest BCUT2D eigenvalue weighted by molar-refractivity contribution is -0.140. The summed E-state index contributed by atoms with van der Waals surface area (Å²) in [6, 6.07) is 11.1. The molecule has 0 aliphatic carbocycles. The number of ether oxygens (including phenoxy) is 1. The number of likely N-dealkylation sites (tertiary alicyclic amines) is 1. The Morgan fingerprint density at radius 1 is 1.15 bits per heavy atom. The molecule has 1 fully saturated rings. The molecule has 2 aliphatic rings. The second kappa shape index (κ2) is 9.89. The van der Waals surface area contributed by atoms with Crippen LogP contribution in [-0.4, -0.2) is 64.0 Å². The number of phenolic OH excluding ortho intramolecular Hbond substituents is 1. The predicted molar refractivity (Wildman–Crippen MR) is 130 cm³/mol. The number of ketones is 1. The van der Waals surface area contributed by atoms with E-state index >= 15 is 0 Å². The zero-order chi connectivity index (χ0) is 24.4. The van der Waals surface area contributed by atoms with Crippen molar-refractivity contribution in [1.29, 1.82) is 0 Å². The Morgan fingerprint density at radius 3 is 2.62 bits per heavy atom. The summed E-state index contributed by atoms with van der Waals surface area (Å²) in [5.74, 6) is -0.744. The van der Waals surface area contributed by atoms with Crippen molar-refractivity contribution in [3.8, 4) is 11.5 Å². The SMILES string of the molecule is CCN(CC)CCCN1C(=O)C(=O)C(=C(O)c2ccc3c(c2)C[C@@H](C)O3)[C@H]1c1cccc(O)c1. The lowest BCUT2D eigenvalue weighted by atomic mass is 9.94. The summed E-state index contributed by atoms with van der Waals surface area (Å²) >= 11 is 0. The van der Waals surface area contributed by atoms with Gasteiger partial charge in [-0.25, -0.2) is 0 Å². The number of rotatable bonds is 8. The van der Waals surface area contributed by atoms with Crippen LogP contribution in [0.4, 0.5) is 0 Å². The maximum Gasteiger partial charge on any atom is 0.295 e. The second-order valence-electron chi connectivity index (χ2n) is 8.92. The molecule has 2 atom stereocenters. The van der Waals surface area contributed by atoms with Crippen LogP contribution < -0.4 is 4.74 Å². The number of nitrogens with zero attached hydrogens (tertiary/aromatic N) is 2. The van der Waals surface area contributed by atoms with Gasteiger partial charge in [-0.2, -0.15) is 0 Å². The molecule has 0 radical (unpaired) electrons. The number of hydrogen-bond acceptors (Lipinski definition) is 6. The molecule has 0 spiro atoms.